The summed E-state index contributed by atoms with van der Waals surface area (Å²) in [5.41, 5.74) is 0.378. The smallest absolute Gasteiger partial charge is 0.302 e. The Labute approximate surface area is 267 Å². The number of imide groups is 2. The number of unbranched alkanes of at least 4 members (excludes halogenated alkanes) is 2. The van der Waals surface area contributed by atoms with Gasteiger partial charge >= 0.3 is 5.97 Å². The molecule has 1 aromatic rings. The molecule has 1 unspecified atom stereocenters. The van der Waals surface area contributed by atoms with Gasteiger partial charge in [-0.05, 0) is 31.4 Å². The molecule has 2 aliphatic rings. The number of fused-ring (bicyclic) bond motifs is 1. The maximum Gasteiger partial charge on any atom is 0.302 e. The number of carbonyl (C=O) groups excluding carboxylic acids is 6. The number of rotatable bonds is 23. The van der Waals surface area contributed by atoms with Crippen molar-refractivity contribution in [3.05, 3.63) is 29.3 Å². The third kappa shape index (κ3) is 12.2. The molecule has 1 saturated heterocycles. The van der Waals surface area contributed by atoms with E-state index in [1.54, 1.807) is 12.1 Å². The SMILES string of the molecule is CC(=O)OCCOCCOCCOCCOCCOCCCCCC(=O)Nc1cccc2c1C(=O)N(C1CCC(=O)NC1=O)C2=O. The summed E-state index contributed by atoms with van der Waals surface area (Å²) >= 11 is 0. The van der Waals surface area contributed by atoms with E-state index in [-0.39, 0.29) is 54.6 Å². The van der Waals surface area contributed by atoms with Crippen LogP contribution in [0, 0.1) is 0 Å². The van der Waals surface area contributed by atoms with E-state index >= 15 is 0 Å². The number of ether oxygens (including phenoxy) is 6. The average Bonchev–Trinajstić information content (AvgIpc) is 3.27. The fourth-order valence-corrected chi connectivity index (χ4v) is 4.72. The van der Waals surface area contributed by atoms with Crippen LogP contribution in [-0.4, -0.2) is 119 Å². The summed E-state index contributed by atoms with van der Waals surface area (Å²) in [5, 5.41) is 4.89. The first-order valence-corrected chi connectivity index (χ1v) is 15.5. The summed E-state index contributed by atoms with van der Waals surface area (Å²) in [7, 11) is 0. The molecule has 1 fully saturated rings. The number of anilines is 1. The minimum Gasteiger partial charge on any atom is -0.463 e. The van der Waals surface area contributed by atoms with Crippen molar-refractivity contribution in [2.45, 2.75) is 51.5 Å². The van der Waals surface area contributed by atoms with E-state index in [1.165, 1.54) is 13.0 Å². The van der Waals surface area contributed by atoms with Gasteiger partial charge in [-0.15, -0.1) is 0 Å². The van der Waals surface area contributed by atoms with E-state index in [1.807, 2.05) is 0 Å². The van der Waals surface area contributed by atoms with Crippen LogP contribution >= 0.6 is 0 Å². The quantitative estimate of drug-likeness (QED) is 0.0983. The van der Waals surface area contributed by atoms with Crippen molar-refractivity contribution in [1.82, 2.24) is 10.2 Å². The normalized spacial score (nSPS) is 16.0. The molecule has 15 heteroatoms. The van der Waals surface area contributed by atoms with E-state index in [0.29, 0.717) is 72.5 Å². The maximum absolute atomic E-state index is 13.1. The molecule has 0 spiro atoms. The molecule has 254 valence electrons. The number of piperidine rings is 1. The minimum atomic E-state index is -1.07. The molecule has 1 atom stereocenters. The van der Waals surface area contributed by atoms with Gasteiger partial charge in [-0.1, -0.05) is 12.5 Å². The third-order valence-corrected chi connectivity index (χ3v) is 6.96. The fourth-order valence-electron chi connectivity index (χ4n) is 4.72. The van der Waals surface area contributed by atoms with Gasteiger partial charge in [0.1, 0.15) is 12.6 Å². The highest BCUT2D eigenvalue weighted by atomic mass is 16.6. The molecule has 0 bridgehead atoms. The third-order valence-electron chi connectivity index (χ3n) is 6.96. The summed E-state index contributed by atoms with van der Waals surface area (Å²) in [6.45, 7) is 5.96. The van der Waals surface area contributed by atoms with Gasteiger partial charge in [0.05, 0.1) is 76.3 Å². The topological polar surface area (TPSA) is 185 Å². The summed E-state index contributed by atoms with van der Waals surface area (Å²) in [4.78, 5) is 73.9. The second kappa shape index (κ2) is 20.4. The molecule has 0 aliphatic carbocycles. The first kappa shape index (κ1) is 36.7. The lowest BCUT2D eigenvalue weighted by Gasteiger charge is -2.27. The van der Waals surface area contributed by atoms with Gasteiger partial charge in [-0.3, -0.25) is 39.0 Å². The van der Waals surface area contributed by atoms with Crippen LogP contribution in [0.25, 0.3) is 0 Å². The molecule has 2 heterocycles. The van der Waals surface area contributed by atoms with Gasteiger partial charge < -0.3 is 33.7 Å². The molecule has 2 aliphatic heterocycles. The molecule has 1 aromatic carbocycles. The molecule has 5 amide bonds. The number of hydrogen-bond donors (Lipinski definition) is 2. The van der Waals surface area contributed by atoms with E-state index in [9.17, 15) is 28.8 Å². The fraction of sp³-hybridized carbons (Fsp3) is 0.613. The van der Waals surface area contributed by atoms with Gasteiger partial charge in [0.15, 0.2) is 0 Å². The van der Waals surface area contributed by atoms with Gasteiger partial charge in [-0.25, -0.2) is 0 Å². The lowest BCUT2D eigenvalue weighted by Crippen LogP contribution is -2.54. The van der Waals surface area contributed by atoms with Crippen molar-refractivity contribution in [2.75, 3.05) is 78.0 Å². The Kier molecular flexibility index (Phi) is 16.3. The number of esters is 1. The number of hydrogen-bond acceptors (Lipinski definition) is 12. The average molecular weight is 650 g/mol. The molecule has 15 nitrogen and oxygen atoms in total. The number of carbonyl (C=O) groups is 6. The summed E-state index contributed by atoms with van der Waals surface area (Å²) < 4.78 is 31.8. The van der Waals surface area contributed by atoms with Crippen LogP contribution in [0.4, 0.5) is 5.69 Å². The zero-order valence-electron chi connectivity index (χ0n) is 26.2. The molecule has 3 rings (SSSR count). The van der Waals surface area contributed by atoms with Crippen LogP contribution in [0.1, 0.15) is 66.2 Å². The second-order valence-corrected chi connectivity index (χ2v) is 10.4. The van der Waals surface area contributed by atoms with Gasteiger partial charge in [-0.2, -0.15) is 0 Å². The lowest BCUT2D eigenvalue weighted by atomic mass is 10.0. The van der Waals surface area contributed by atoms with Crippen LogP contribution in [0.15, 0.2) is 18.2 Å². The second-order valence-electron chi connectivity index (χ2n) is 10.4. The lowest BCUT2D eigenvalue weighted by molar-refractivity contribution is -0.142. The molecular formula is C31H43N3O12. The monoisotopic (exact) mass is 649 g/mol. The van der Waals surface area contributed by atoms with E-state index in [4.69, 9.17) is 28.4 Å². The molecule has 0 radical (unpaired) electrons. The van der Waals surface area contributed by atoms with Gasteiger partial charge in [0.25, 0.3) is 11.8 Å². The molecular weight excluding hydrogens is 606 g/mol. The molecule has 46 heavy (non-hydrogen) atoms. The van der Waals surface area contributed by atoms with Crippen LogP contribution in [-0.2, 0) is 47.6 Å². The minimum absolute atomic E-state index is 0.0288. The number of nitrogens with zero attached hydrogens (tertiary/aromatic N) is 1. The number of amides is 5. The summed E-state index contributed by atoms with van der Waals surface area (Å²) in [6.07, 6.45) is 2.45. The summed E-state index contributed by atoms with van der Waals surface area (Å²) in [5.74, 6) is -3.05. The predicted molar refractivity (Wildman–Crippen MR) is 161 cm³/mol. The van der Waals surface area contributed by atoms with Crippen LogP contribution in [0.3, 0.4) is 0 Å². The van der Waals surface area contributed by atoms with E-state index in [0.717, 1.165) is 17.7 Å². The Hall–Kier alpha value is -3.76. The standard InChI is InChI=1S/C31H43N3O12/c1-22(35)46-21-20-45-19-18-44-17-16-43-15-14-42-13-12-41-11-4-2-3-8-26(36)32-24-7-5-6-23-28(24)31(40)34(30(23)39)25-9-10-27(37)33-29(25)38/h5-7,25H,2-4,8-21H2,1H3,(H,32,36)(H,33,37,38). The highest BCUT2D eigenvalue weighted by Crippen LogP contribution is 2.32. The number of nitrogens with one attached hydrogen (secondary N) is 2. The molecule has 0 saturated carbocycles. The van der Waals surface area contributed by atoms with Crippen LogP contribution < -0.4 is 10.6 Å². The Balaban J connectivity index is 1.16. The first-order chi connectivity index (χ1) is 22.3. The maximum atomic E-state index is 13.1. The van der Waals surface area contributed by atoms with Crippen molar-refractivity contribution in [3.8, 4) is 0 Å². The van der Waals surface area contributed by atoms with Crippen LogP contribution in [0.2, 0.25) is 0 Å². The first-order valence-electron chi connectivity index (χ1n) is 15.5. The zero-order chi connectivity index (χ0) is 33.1. The Morgan fingerprint density at radius 3 is 1.96 bits per heavy atom. The largest absolute Gasteiger partial charge is 0.463 e. The van der Waals surface area contributed by atoms with Crippen molar-refractivity contribution < 1.29 is 57.2 Å². The highest BCUT2D eigenvalue weighted by molar-refractivity contribution is 6.26. The van der Waals surface area contributed by atoms with Gasteiger partial charge in [0, 0.05) is 26.4 Å². The van der Waals surface area contributed by atoms with E-state index < -0.39 is 29.7 Å². The predicted octanol–water partition coefficient (Wildman–Crippen LogP) is 1.23. The Morgan fingerprint density at radius 1 is 0.783 bits per heavy atom. The van der Waals surface area contributed by atoms with Crippen LogP contribution in [0.5, 0.6) is 0 Å². The molecule has 2 N–H and O–H groups in total. The van der Waals surface area contributed by atoms with E-state index in [2.05, 4.69) is 10.6 Å². The molecule has 0 aromatic heterocycles. The number of benzene rings is 1. The van der Waals surface area contributed by atoms with Crippen molar-refractivity contribution >= 4 is 41.2 Å². The Morgan fingerprint density at radius 2 is 1.37 bits per heavy atom. The highest BCUT2D eigenvalue weighted by Gasteiger charge is 2.45. The van der Waals surface area contributed by atoms with Gasteiger partial charge in [0.2, 0.25) is 17.7 Å². The van der Waals surface area contributed by atoms with Crippen molar-refractivity contribution in [3.63, 3.8) is 0 Å². The van der Waals surface area contributed by atoms with Crippen molar-refractivity contribution in [2.24, 2.45) is 0 Å². The zero-order valence-corrected chi connectivity index (χ0v) is 26.2. The van der Waals surface area contributed by atoms with Crippen molar-refractivity contribution in [1.29, 1.82) is 0 Å². The Bertz CT molecular complexity index is 1210. The summed E-state index contributed by atoms with van der Waals surface area (Å²) in [6, 6.07) is 3.52.